The van der Waals surface area contributed by atoms with E-state index in [4.69, 9.17) is 5.73 Å². The van der Waals surface area contributed by atoms with Crippen molar-refractivity contribution < 1.29 is 9.90 Å². The average Bonchev–Trinajstić information content (AvgIpc) is 2.80. The molecule has 0 aliphatic carbocycles. The maximum Gasteiger partial charge on any atom is 0.228 e. The van der Waals surface area contributed by atoms with Gasteiger partial charge in [-0.2, -0.15) is 0 Å². The quantitative estimate of drug-likeness (QED) is 0.664. The highest BCUT2D eigenvalue weighted by atomic mass is 16.3. The van der Waals surface area contributed by atoms with Crippen LogP contribution >= 0.6 is 0 Å². The minimum atomic E-state index is -1.38. The fourth-order valence-electron chi connectivity index (χ4n) is 2.91. The fourth-order valence-corrected chi connectivity index (χ4v) is 2.91. The topological polar surface area (TPSA) is 78.6 Å². The molecule has 116 valence electrons. The zero-order valence-corrected chi connectivity index (χ0v) is 12.9. The van der Waals surface area contributed by atoms with Crippen molar-refractivity contribution in [3.8, 4) is 0 Å². The number of anilines is 1. The largest absolute Gasteiger partial charge is 0.363 e. The van der Waals surface area contributed by atoms with Crippen LogP contribution in [0.3, 0.4) is 0 Å². The van der Waals surface area contributed by atoms with Gasteiger partial charge in [0.15, 0.2) is 5.85 Å². The molecule has 0 fully saturated rings. The standard InChI is InChI=1S/C16H25N3O2/c1-3-8-19(9-4-2)16(17,21)11-12-6-5-7-14-13(12)10-15(20)18-14/h5-7,21H,3-4,8-11,17H2,1-2H3,(H,18,20). The normalized spacial score (nSPS) is 16.7. The summed E-state index contributed by atoms with van der Waals surface area (Å²) in [6, 6.07) is 5.71. The van der Waals surface area contributed by atoms with Crippen LogP contribution in [-0.4, -0.2) is 34.9 Å². The number of carbonyl (C=O) groups excluding carboxylic acids is 1. The van der Waals surface area contributed by atoms with Gasteiger partial charge in [0, 0.05) is 25.2 Å². The number of benzene rings is 1. The highest BCUT2D eigenvalue weighted by molar-refractivity contribution is 5.99. The number of carbonyl (C=O) groups is 1. The Kier molecular flexibility index (Phi) is 4.98. The molecule has 1 aromatic rings. The van der Waals surface area contributed by atoms with Crippen LogP contribution in [0.2, 0.25) is 0 Å². The lowest BCUT2D eigenvalue weighted by Gasteiger charge is -2.36. The Labute approximate surface area is 126 Å². The number of nitrogens with zero attached hydrogens (tertiary/aromatic N) is 1. The van der Waals surface area contributed by atoms with E-state index in [9.17, 15) is 9.90 Å². The number of rotatable bonds is 7. The Morgan fingerprint density at radius 3 is 2.62 bits per heavy atom. The minimum absolute atomic E-state index is 0.00279. The molecular formula is C16H25N3O2. The fraction of sp³-hybridized carbons (Fsp3) is 0.562. The lowest BCUT2D eigenvalue weighted by atomic mass is 9.99. The van der Waals surface area contributed by atoms with Crippen molar-refractivity contribution in [1.82, 2.24) is 4.90 Å². The molecular weight excluding hydrogens is 266 g/mol. The summed E-state index contributed by atoms with van der Waals surface area (Å²) >= 11 is 0. The number of amides is 1. The molecule has 1 atom stereocenters. The molecule has 21 heavy (non-hydrogen) atoms. The first kappa shape index (κ1) is 15.9. The van der Waals surface area contributed by atoms with E-state index in [1.165, 1.54) is 0 Å². The monoisotopic (exact) mass is 291 g/mol. The van der Waals surface area contributed by atoms with Gasteiger partial charge in [0.2, 0.25) is 5.91 Å². The van der Waals surface area contributed by atoms with Crippen LogP contribution in [0.4, 0.5) is 5.69 Å². The maximum absolute atomic E-state index is 11.5. The summed E-state index contributed by atoms with van der Waals surface area (Å²) in [7, 11) is 0. The van der Waals surface area contributed by atoms with Gasteiger partial charge in [-0.25, -0.2) is 0 Å². The number of hydrogen-bond acceptors (Lipinski definition) is 4. The van der Waals surface area contributed by atoms with Crippen LogP contribution < -0.4 is 11.1 Å². The van der Waals surface area contributed by atoms with Gasteiger partial charge < -0.3 is 10.4 Å². The van der Waals surface area contributed by atoms with Crippen LogP contribution in [0.25, 0.3) is 0 Å². The van der Waals surface area contributed by atoms with Crippen LogP contribution in [0.1, 0.15) is 37.8 Å². The first-order valence-corrected chi connectivity index (χ1v) is 7.64. The molecule has 1 aliphatic heterocycles. The maximum atomic E-state index is 11.5. The van der Waals surface area contributed by atoms with Gasteiger partial charge in [0.1, 0.15) is 0 Å². The summed E-state index contributed by atoms with van der Waals surface area (Å²) in [5, 5.41) is 13.5. The molecule has 0 saturated heterocycles. The molecule has 1 heterocycles. The van der Waals surface area contributed by atoms with Gasteiger partial charge in [0.25, 0.3) is 0 Å². The Morgan fingerprint density at radius 1 is 1.33 bits per heavy atom. The highest BCUT2D eigenvalue weighted by Crippen LogP contribution is 2.28. The van der Waals surface area contributed by atoms with Crippen LogP contribution in [0, 0.1) is 0 Å². The summed E-state index contributed by atoms with van der Waals surface area (Å²) in [6.07, 6.45) is 2.56. The van der Waals surface area contributed by atoms with E-state index in [1.807, 2.05) is 23.1 Å². The molecule has 1 unspecified atom stereocenters. The third-order valence-electron chi connectivity index (χ3n) is 3.87. The number of aliphatic hydroxyl groups is 1. The second-order valence-electron chi connectivity index (χ2n) is 5.71. The summed E-state index contributed by atoms with van der Waals surface area (Å²) in [5.41, 5.74) is 8.90. The summed E-state index contributed by atoms with van der Waals surface area (Å²) in [6.45, 7) is 5.66. The number of nitrogens with one attached hydrogen (secondary N) is 1. The van der Waals surface area contributed by atoms with Gasteiger partial charge in [-0.1, -0.05) is 26.0 Å². The molecule has 0 aromatic heterocycles. The lowest BCUT2D eigenvalue weighted by Crippen LogP contribution is -2.58. The molecule has 0 spiro atoms. The third kappa shape index (κ3) is 3.61. The molecule has 1 aliphatic rings. The van der Waals surface area contributed by atoms with Crippen molar-refractivity contribution in [2.24, 2.45) is 5.73 Å². The van der Waals surface area contributed by atoms with Crippen molar-refractivity contribution in [2.45, 2.75) is 45.4 Å². The number of hydrogen-bond donors (Lipinski definition) is 3. The number of fused-ring (bicyclic) bond motifs is 1. The van der Waals surface area contributed by atoms with Crippen molar-refractivity contribution in [3.63, 3.8) is 0 Å². The van der Waals surface area contributed by atoms with Crippen molar-refractivity contribution in [1.29, 1.82) is 0 Å². The van der Waals surface area contributed by atoms with E-state index in [0.29, 0.717) is 12.8 Å². The Hall–Kier alpha value is -1.43. The molecule has 5 heteroatoms. The second kappa shape index (κ2) is 6.56. The van der Waals surface area contributed by atoms with E-state index in [-0.39, 0.29) is 5.91 Å². The van der Waals surface area contributed by atoms with Crippen LogP contribution in [-0.2, 0) is 17.6 Å². The second-order valence-corrected chi connectivity index (χ2v) is 5.71. The van der Waals surface area contributed by atoms with Gasteiger partial charge in [-0.3, -0.25) is 15.4 Å². The van der Waals surface area contributed by atoms with E-state index in [2.05, 4.69) is 19.2 Å². The van der Waals surface area contributed by atoms with Gasteiger partial charge in [-0.15, -0.1) is 0 Å². The van der Waals surface area contributed by atoms with Gasteiger partial charge >= 0.3 is 0 Å². The van der Waals surface area contributed by atoms with Crippen LogP contribution in [0.15, 0.2) is 18.2 Å². The summed E-state index contributed by atoms with van der Waals surface area (Å²) in [4.78, 5) is 13.5. The lowest BCUT2D eigenvalue weighted by molar-refractivity contribution is -0.115. The SMILES string of the molecule is CCCN(CCC)C(N)(O)Cc1cccc2c1CC(=O)N2. The molecule has 5 nitrogen and oxygen atoms in total. The van der Waals surface area contributed by atoms with E-state index < -0.39 is 5.85 Å². The predicted molar refractivity (Wildman–Crippen MR) is 83.8 cm³/mol. The highest BCUT2D eigenvalue weighted by Gasteiger charge is 2.31. The molecule has 1 amide bonds. The Bertz CT molecular complexity index is 508. The zero-order chi connectivity index (χ0) is 15.5. The van der Waals surface area contributed by atoms with Gasteiger partial charge in [0.05, 0.1) is 6.42 Å². The third-order valence-corrected chi connectivity index (χ3v) is 3.87. The van der Waals surface area contributed by atoms with Crippen molar-refractivity contribution in [2.75, 3.05) is 18.4 Å². The van der Waals surface area contributed by atoms with Crippen molar-refractivity contribution >= 4 is 11.6 Å². The molecule has 0 saturated carbocycles. The Balaban J connectivity index is 2.20. The van der Waals surface area contributed by atoms with Crippen LogP contribution in [0.5, 0.6) is 0 Å². The predicted octanol–water partition coefficient (Wildman–Crippen LogP) is 1.45. The van der Waals surface area contributed by atoms with Gasteiger partial charge in [-0.05, 0) is 30.0 Å². The summed E-state index contributed by atoms with van der Waals surface area (Å²) in [5.74, 6) is -1.38. The molecule has 2 rings (SSSR count). The average molecular weight is 291 g/mol. The van der Waals surface area contributed by atoms with E-state index >= 15 is 0 Å². The number of nitrogens with two attached hydrogens (primary N) is 1. The summed E-state index contributed by atoms with van der Waals surface area (Å²) < 4.78 is 0. The van der Waals surface area contributed by atoms with E-state index in [1.54, 1.807) is 0 Å². The van der Waals surface area contributed by atoms with E-state index in [0.717, 1.165) is 42.7 Å². The molecule has 1 aromatic carbocycles. The smallest absolute Gasteiger partial charge is 0.228 e. The zero-order valence-electron chi connectivity index (χ0n) is 12.9. The minimum Gasteiger partial charge on any atom is -0.363 e. The molecule has 0 bridgehead atoms. The van der Waals surface area contributed by atoms with Crippen molar-refractivity contribution in [3.05, 3.63) is 29.3 Å². The molecule has 0 radical (unpaired) electrons. The first-order valence-electron chi connectivity index (χ1n) is 7.64. The first-order chi connectivity index (χ1) is 9.97. The molecule has 4 N–H and O–H groups in total. The Morgan fingerprint density at radius 2 is 2.00 bits per heavy atom.